The van der Waals surface area contributed by atoms with Crippen LogP contribution in [0.5, 0.6) is 0 Å². The smallest absolute Gasteiger partial charge is 0.0416 e. The highest BCUT2D eigenvalue weighted by atomic mass is 15.2. The average molecular weight is 316 g/mol. The van der Waals surface area contributed by atoms with Crippen LogP contribution in [0.4, 0.5) is 5.69 Å². The molecule has 3 nitrogen and oxygen atoms in total. The quantitative estimate of drug-likeness (QED) is 0.919. The van der Waals surface area contributed by atoms with Crippen LogP contribution in [0.25, 0.3) is 0 Å². The van der Waals surface area contributed by atoms with Gasteiger partial charge in [0.15, 0.2) is 0 Å². The Morgan fingerprint density at radius 1 is 1.00 bits per heavy atom. The molecular weight excluding hydrogens is 282 g/mol. The van der Waals surface area contributed by atoms with E-state index in [2.05, 4.69) is 67.9 Å². The lowest BCUT2D eigenvalue weighted by Gasteiger charge is -2.40. The second kappa shape index (κ2) is 6.10. The van der Waals surface area contributed by atoms with Gasteiger partial charge in [-0.3, -0.25) is 4.90 Å². The van der Waals surface area contributed by atoms with E-state index in [1.54, 1.807) is 5.56 Å². The number of nitrogens with one attached hydrogen (secondary N) is 1. The third kappa shape index (κ3) is 3.72. The molecule has 0 unspecified atom stereocenters. The summed E-state index contributed by atoms with van der Waals surface area (Å²) < 4.78 is 0. The van der Waals surface area contributed by atoms with Gasteiger partial charge in [0.25, 0.3) is 0 Å². The maximum Gasteiger partial charge on any atom is 0.0416 e. The number of nitrogens with zero attached hydrogens (tertiary/aromatic N) is 2. The van der Waals surface area contributed by atoms with Crippen LogP contribution in [0.1, 0.15) is 52.2 Å². The van der Waals surface area contributed by atoms with E-state index in [4.69, 9.17) is 0 Å². The normalized spacial score (nSPS) is 20.0. The van der Waals surface area contributed by atoms with Crippen LogP contribution >= 0.6 is 0 Å². The number of anilines is 1. The van der Waals surface area contributed by atoms with Crippen LogP contribution in [-0.4, -0.2) is 36.6 Å². The Bertz CT molecular complexity index is 550. The van der Waals surface area contributed by atoms with E-state index < -0.39 is 0 Å². The molecule has 1 fully saturated rings. The highest BCUT2D eigenvalue weighted by molar-refractivity contribution is 5.58. The second-order valence-corrected chi connectivity index (χ2v) is 9.06. The topological polar surface area (TPSA) is 18.5 Å². The van der Waals surface area contributed by atoms with Crippen molar-refractivity contribution in [3.05, 3.63) is 29.3 Å². The molecule has 0 bridgehead atoms. The molecule has 0 aromatic heterocycles. The molecule has 0 atom stereocenters. The van der Waals surface area contributed by atoms with Crippen LogP contribution in [0, 0.1) is 5.41 Å². The molecule has 1 aromatic rings. The molecule has 3 rings (SSSR count). The maximum absolute atomic E-state index is 3.46. The van der Waals surface area contributed by atoms with E-state index in [1.807, 2.05) is 0 Å². The standard InChI is InChI=1S/C20H33N3/c1-19(2,3)15-20(4,5)23-13-16-7-6-8-18(17(16)14-23)22-11-9-21-10-12-22/h6-8,21H,9-15H2,1-5H3. The van der Waals surface area contributed by atoms with Gasteiger partial charge in [-0.15, -0.1) is 0 Å². The number of piperazine rings is 1. The first-order chi connectivity index (χ1) is 10.8. The first-order valence-corrected chi connectivity index (χ1v) is 9.08. The lowest BCUT2D eigenvalue weighted by Crippen LogP contribution is -2.44. The zero-order chi connectivity index (χ0) is 16.7. The van der Waals surface area contributed by atoms with Crippen LogP contribution in [-0.2, 0) is 13.1 Å². The summed E-state index contributed by atoms with van der Waals surface area (Å²) in [5.74, 6) is 0. The maximum atomic E-state index is 3.46. The zero-order valence-corrected chi connectivity index (χ0v) is 15.6. The van der Waals surface area contributed by atoms with Gasteiger partial charge in [-0.2, -0.15) is 0 Å². The summed E-state index contributed by atoms with van der Waals surface area (Å²) >= 11 is 0. The van der Waals surface area contributed by atoms with Gasteiger partial charge in [0.2, 0.25) is 0 Å². The predicted molar refractivity (Wildman–Crippen MR) is 98.9 cm³/mol. The van der Waals surface area contributed by atoms with Gasteiger partial charge >= 0.3 is 0 Å². The first kappa shape index (κ1) is 16.8. The highest BCUT2D eigenvalue weighted by Gasteiger charge is 2.36. The average Bonchev–Trinajstić information content (AvgIpc) is 2.90. The van der Waals surface area contributed by atoms with Crippen LogP contribution in [0.3, 0.4) is 0 Å². The fourth-order valence-corrected chi connectivity index (χ4v) is 4.44. The van der Waals surface area contributed by atoms with E-state index in [-0.39, 0.29) is 5.54 Å². The van der Waals surface area contributed by atoms with Gasteiger partial charge in [-0.25, -0.2) is 0 Å². The van der Waals surface area contributed by atoms with Crippen molar-refractivity contribution in [1.29, 1.82) is 0 Å². The zero-order valence-electron chi connectivity index (χ0n) is 15.6. The molecule has 23 heavy (non-hydrogen) atoms. The summed E-state index contributed by atoms with van der Waals surface area (Å²) in [6, 6.07) is 6.90. The molecular formula is C20H33N3. The number of fused-ring (bicyclic) bond motifs is 1. The van der Waals surface area contributed by atoms with Crippen LogP contribution in [0.2, 0.25) is 0 Å². The summed E-state index contributed by atoms with van der Waals surface area (Å²) in [5.41, 5.74) is 5.16. The van der Waals surface area contributed by atoms with E-state index in [0.717, 1.165) is 39.3 Å². The summed E-state index contributed by atoms with van der Waals surface area (Å²) in [6.07, 6.45) is 1.22. The summed E-state index contributed by atoms with van der Waals surface area (Å²) in [5, 5.41) is 3.46. The molecule has 1 saturated heterocycles. The minimum absolute atomic E-state index is 0.234. The Hall–Kier alpha value is -1.06. The molecule has 3 heteroatoms. The molecule has 0 spiro atoms. The lowest BCUT2D eigenvalue weighted by molar-refractivity contribution is 0.0746. The Balaban J connectivity index is 1.81. The Kier molecular flexibility index (Phi) is 4.45. The third-order valence-corrected chi connectivity index (χ3v) is 5.24. The molecule has 0 radical (unpaired) electrons. The van der Waals surface area contributed by atoms with Crippen molar-refractivity contribution < 1.29 is 0 Å². The molecule has 2 aliphatic heterocycles. The molecule has 2 aliphatic rings. The third-order valence-electron chi connectivity index (χ3n) is 5.24. The van der Waals surface area contributed by atoms with Crippen molar-refractivity contribution in [1.82, 2.24) is 10.2 Å². The highest BCUT2D eigenvalue weighted by Crippen LogP contribution is 2.39. The van der Waals surface area contributed by atoms with Crippen molar-refractivity contribution in [2.75, 3.05) is 31.1 Å². The Morgan fingerprint density at radius 2 is 1.70 bits per heavy atom. The van der Waals surface area contributed by atoms with Crippen molar-refractivity contribution >= 4 is 5.69 Å². The summed E-state index contributed by atoms with van der Waals surface area (Å²) in [4.78, 5) is 5.24. The number of hydrogen-bond acceptors (Lipinski definition) is 3. The van der Waals surface area contributed by atoms with Gasteiger partial charge < -0.3 is 10.2 Å². The Labute approximate surface area is 142 Å². The molecule has 128 valence electrons. The van der Waals surface area contributed by atoms with Gasteiger partial charge in [0.1, 0.15) is 0 Å². The van der Waals surface area contributed by atoms with Crippen molar-refractivity contribution in [3.8, 4) is 0 Å². The largest absolute Gasteiger partial charge is 0.369 e. The molecule has 2 heterocycles. The summed E-state index contributed by atoms with van der Waals surface area (Å²) in [7, 11) is 0. The lowest BCUT2D eigenvalue weighted by atomic mass is 9.81. The monoisotopic (exact) mass is 315 g/mol. The van der Waals surface area contributed by atoms with Gasteiger partial charge in [-0.05, 0) is 42.9 Å². The number of rotatable bonds is 3. The molecule has 0 saturated carbocycles. The SMILES string of the molecule is CC(C)(C)CC(C)(C)N1Cc2cccc(N3CCNCC3)c2C1. The molecule has 1 aromatic carbocycles. The van der Waals surface area contributed by atoms with E-state index in [1.165, 1.54) is 17.7 Å². The fourth-order valence-electron chi connectivity index (χ4n) is 4.44. The van der Waals surface area contributed by atoms with E-state index in [9.17, 15) is 0 Å². The van der Waals surface area contributed by atoms with E-state index in [0.29, 0.717) is 5.41 Å². The van der Waals surface area contributed by atoms with Gasteiger partial charge in [-0.1, -0.05) is 32.9 Å². The predicted octanol–water partition coefficient (Wildman–Crippen LogP) is 3.63. The minimum Gasteiger partial charge on any atom is -0.369 e. The first-order valence-electron chi connectivity index (χ1n) is 9.08. The number of benzene rings is 1. The number of hydrogen-bond donors (Lipinski definition) is 1. The van der Waals surface area contributed by atoms with Crippen molar-refractivity contribution in [2.45, 2.75) is 59.7 Å². The van der Waals surface area contributed by atoms with Gasteiger partial charge in [0, 0.05) is 50.5 Å². The fraction of sp³-hybridized carbons (Fsp3) is 0.700. The molecule has 1 N–H and O–H groups in total. The van der Waals surface area contributed by atoms with Crippen LogP contribution in [0.15, 0.2) is 18.2 Å². The Morgan fingerprint density at radius 3 is 2.35 bits per heavy atom. The van der Waals surface area contributed by atoms with Crippen molar-refractivity contribution in [3.63, 3.8) is 0 Å². The van der Waals surface area contributed by atoms with E-state index >= 15 is 0 Å². The minimum atomic E-state index is 0.234. The molecule has 0 amide bonds. The van der Waals surface area contributed by atoms with Crippen LogP contribution < -0.4 is 10.2 Å². The van der Waals surface area contributed by atoms with Gasteiger partial charge in [0.05, 0.1) is 0 Å². The second-order valence-electron chi connectivity index (χ2n) is 9.06. The summed E-state index contributed by atoms with van der Waals surface area (Å²) in [6.45, 7) is 18.5. The van der Waals surface area contributed by atoms with Crippen molar-refractivity contribution in [2.24, 2.45) is 5.41 Å². The molecule has 0 aliphatic carbocycles.